The highest BCUT2D eigenvalue weighted by molar-refractivity contribution is 5.96. The van der Waals surface area contributed by atoms with Gasteiger partial charge in [-0.25, -0.2) is 0 Å². The zero-order valence-electron chi connectivity index (χ0n) is 9.48. The van der Waals surface area contributed by atoms with Gasteiger partial charge in [-0.15, -0.1) is 0 Å². The van der Waals surface area contributed by atoms with Gasteiger partial charge < -0.3 is 0 Å². The van der Waals surface area contributed by atoms with Gasteiger partial charge in [0.1, 0.15) is 0 Å². The molecule has 0 saturated carbocycles. The molecule has 0 aliphatic heterocycles. The maximum absolute atomic E-state index is 11.7. The van der Waals surface area contributed by atoms with Crippen LogP contribution in [0.25, 0.3) is 0 Å². The van der Waals surface area contributed by atoms with Gasteiger partial charge in [-0.3, -0.25) is 4.79 Å². The number of benzene rings is 1. The molecule has 0 atom stereocenters. The summed E-state index contributed by atoms with van der Waals surface area (Å²) in [5.41, 5.74) is 4.58. The molecule has 1 aromatic rings. The lowest BCUT2D eigenvalue weighted by Gasteiger charge is -2.07. The smallest absolute Gasteiger partial charge is 0.162 e. The molecule has 0 amide bonds. The number of hydrogen-bond donors (Lipinski definition) is 0. The van der Waals surface area contributed by atoms with Crippen LogP contribution in [-0.2, 0) is 0 Å². The lowest BCUT2D eigenvalue weighted by atomic mass is 9.97. The summed E-state index contributed by atoms with van der Waals surface area (Å²) in [6.07, 6.45) is 1.58. The lowest BCUT2D eigenvalue weighted by Crippen LogP contribution is -2.00. The molecule has 1 nitrogen and oxygen atoms in total. The van der Waals surface area contributed by atoms with Gasteiger partial charge in [0.2, 0.25) is 0 Å². The van der Waals surface area contributed by atoms with E-state index in [0.717, 1.165) is 12.0 Å². The van der Waals surface area contributed by atoms with Crippen molar-refractivity contribution in [2.75, 3.05) is 0 Å². The summed E-state index contributed by atoms with van der Waals surface area (Å²) in [5.74, 6) is 0.263. The first kappa shape index (κ1) is 11.0. The van der Waals surface area contributed by atoms with Crippen LogP contribution in [0.4, 0.5) is 0 Å². The number of Topliss-reactive ketones (excluding diaryl/α,β-unsaturated/α-hetero) is 1. The Morgan fingerprint density at radius 2 is 1.64 bits per heavy atom. The minimum absolute atomic E-state index is 0.263. The van der Waals surface area contributed by atoms with Crippen molar-refractivity contribution in [1.29, 1.82) is 0 Å². The summed E-state index contributed by atoms with van der Waals surface area (Å²) in [5, 5.41) is 0. The second-order valence-electron chi connectivity index (χ2n) is 3.91. The normalized spacial score (nSPS) is 10.3. The van der Waals surface area contributed by atoms with Gasteiger partial charge in [0, 0.05) is 12.0 Å². The van der Waals surface area contributed by atoms with E-state index in [9.17, 15) is 4.79 Å². The summed E-state index contributed by atoms with van der Waals surface area (Å²) in [6, 6.07) is 4.00. The predicted molar refractivity (Wildman–Crippen MR) is 59.9 cm³/mol. The first-order chi connectivity index (χ1) is 6.56. The number of hydrogen-bond acceptors (Lipinski definition) is 1. The monoisotopic (exact) mass is 190 g/mol. The molecule has 0 saturated heterocycles. The largest absolute Gasteiger partial charge is 0.294 e. The van der Waals surface area contributed by atoms with E-state index in [1.807, 2.05) is 19.1 Å². The van der Waals surface area contributed by atoms with Crippen LogP contribution in [-0.4, -0.2) is 5.78 Å². The number of ketones is 1. The van der Waals surface area contributed by atoms with Crippen molar-refractivity contribution in [1.82, 2.24) is 0 Å². The van der Waals surface area contributed by atoms with Gasteiger partial charge in [0.05, 0.1) is 0 Å². The Morgan fingerprint density at radius 1 is 1.14 bits per heavy atom. The van der Waals surface area contributed by atoms with E-state index in [4.69, 9.17) is 0 Å². The Bertz CT molecular complexity index is 327. The average molecular weight is 190 g/mol. The van der Waals surface area contributed by atoms with Crippen molar-refractivity contribution in [3.8, 4) is 0 Å². The van der Waals surface area contributed by atoms with Gasteiger partial charge in [-0.2, -0.15) is 0 Å². The lowest BCUT2D eigenvalue weighted by molar-refractivity contribution is 0.0981. The molecule has 1 heteroatoms. The molecule has 0 aliphatic rings. The first-order valence-corrected chi connectivity index (χ1v) is 5.17. The third kappa shape index (κ3) is 2.22. The van der Waals surface area contributed by atoms with Crippen molar-refractivity contribution in [2.45, 2.75) is 40.5 Å². The molecule has 0 aromatic heterocycles. The fourth-order valence-corrected chi connectivity index (χ4v) is 1.57. The molecule has 0 spiro atoms. The van der Waals surface area contributed by atoms with Crippen molar-refractivity contribution < 1.29 is 4.79 Å². The summed E-state index contributed by atoms with van der Waals surface area (Å²) in [6.45, 7) is 8.25. The highest BCUT2D eigenvalue weighted by atomic mass is 16.1. The maximum Gasteiger partial charge on any atom is 0.162 e. The minimum atomic E-state index is 0.263. The summed E-state index contributed by atoms with van der Waals surface area (Å²) in [4.78, 5) is 11.7. The Kier molecular flexibility index (Phi) is 3.45. The third-order valence-electron chi connectivity index (χ3n) is 2.73. The molecule has 0 aliphatic carbocycles. The van der Waals surface area contributed by atoms with Crippen LogP contribution in [0.2, 0.25) is 0 Å². The number of carbonyl (C=O) groups is 1. The van der Waals surface area contributed by atoms with Crippen molar-refractivity contribution in [2.24, 2.45) is 0 Å². The molecule has 1 aromatic carbocycles. The van der Waals surface area contributed by atoms with Crippen LogP contribution in [0, 0.1) is 20.8 Å². The summed E-state index contributed by atoms with van der Waals surface area (Å²) in [7, 11) is 0. The highest BCUT2D eigenvalue weighted by Gasteiger charge is 2.07. The zero-order chi connectivity index (χ0) is 10.7. The fourth-order valence-electron chi connectivity index (χ4n) is 1.57. The first-order valence-electron chi connectivity index (χ1n) is 5.17. The number of aryl methyl sites for hydroxylation is 2. The van der Waals surface area contributed by atoms with E-state index in [2.05, 4.69) is 20.8 Å². The molecule has 0 N–H and O–H groups in total. The molecule has 0 radical (unpaired) electrons. The predicted octanol–water partition coefficient (Wildman–Crippen LogP) is 3.59. The van der Waals surface area contributed by atoms with Crippen molar-refractivity contribution in [3.05, 3.63) is 34.4 Å². The second-order valence-corrected chi connectivity index (χ2v) is 3.91. The van der Waals surface area contributed by atoms with Gasteiger partial charge >= 0.3 is 0 Å². The van der Waals surface area contributed by atoms with E-state index in [1.165, 1.54) is 16.7 Å². The molecular formula is C13H18O. The third-order valence-corrected chi connectivity index (χ3v) is 2.73. The molecular weight excluding hydrogens is 172 g/mol. The zero-order valence-corrected chi connectivity index (χ0v) is 9.48. The Hall–Kier alpha value is -1.11. The van der Waals surface area contributed by atoms with Crippen LogP contribution < -0.4 is 0 Å². The molecule has 0 bridgehead atoms. The Labute approximate surface area is 86.1 Å². The van der Waals surface area contributed by atoms with Crippen molar-refractivity contribution >= 4 is 5.78 Å². The molecule has 0 fully saturated rings. The van der Waals surface area contributed by atoms with E-state index in [0.29, 0.717) is 6.42 Å². The van der Waals surface area contributed by atoms with Crippen LogP contribution in [0.15, 0.2) is 12.1 Å². The molecule has 0 heterocycles. The summed E-state index contributed by atoms with van der Waals surface area (Å²) < 4.78 is 0. The van der Waals surface area contributed by atoms with Crippen LogP contribution in [0.5, 0.6) is 0 Å². The van der Waals surface area contributed by atoms with Crippen molar-refractivity contribution in [3.63, 3.8) is 0 Å². The van der Waals surface area contributed by atoms with Crippen LogP contribution in [0.3, 0.4) is 0 Å². The van der Waals surface area contributed by atoms with Gasteiger partial charge in [0.15, 0.2) is 5.78 Å². The fraction of sp³-hybridized carbons (Fsp3) is 0.462. The average Bonchev–Trinajstić information content (AvgIpc) is 2.13. The molecule has 14 heavy (non-hydrogen) atoms. The van der Waals surface area contributed by atoms with Gasteiger partial charge in [0.25, 0.3) is 0 Å². The molecule has 76 valence electrons. The van der Waals surface area contributed by atoms with E-state index >= 15 is 0 Å². The van der Waals surface area contributed by atoms with Crippen LogP contribution in [0.1, 0.15) is 46.8 Å². The minimum Gasteiger partial charge on any atom is -0.294 e. The highest BCUT2D eigenvalue weighted by Crippen LogP contribution is 2.16. The maximum atomic E-state index is 11.7. The van der Waals surface area contributed by atoms with E-state index in [-0.39, 0.29) is 5.78 Å². The SMILES string of the molecule is CCCC(=O)c1cc(C)c(C)c(C)c1. The standard InChI is InChI=1S/C13H18O/c1-5-6-13(14)12-7-9(2)11(4)10(3)8-12/h7-8H,5-6H2,1-4H3. The quantitative estimate of drug-likeness (QED) is 0.666. The van der Waals surface area contributed by atoms with E-state index < -0.39 is 0 Å². The Balaban J connectivity index is 3.06. The van der Waals surface area contributed by atoms with Crippen LogP contribution >= 0.6 is 0 Å². The second kappa shape index (κ2) is 4.41. The Morgan fingerprint density at radius 3 is 2.07 bits per heavy atom. The summed E-state index contributed by atoms with van der Waals surface area (Å²) >= 11 is 0. The molecule has 0 unspecified atom stereocenters. The molecule has 1 rings (SSSR count). The number of carbonyl (C=O) groups excluding carboxylic acids is 1. The number of rotatable bonds is 3. The van der Waals surface area contributed by atoms with E-state index in [1.54, 1.807) is 0 Å². The van der Waals surface area contributed by atoms with Gasteiger partial charge in [-0.1, -0.05) is 6.92 Å². The van der Waals surface area contributed by atoms with Gasteiger partial charge in [-0.05, 0) is 56.0 Å². The topological polar surface area (TPSA) is 17.1 Å².